The molecule has 5 nitrogen and oxygen atoms in total. The van der Waals surface area contributed by atoms with Gasteiger partial charge < -0.3 is 15.5 Å². The van der Waals surface area contributed by atoms with Gasteiger partial charge in [-0.3, -0.25) is 0 Å². The summed E-state index contributed by atoms with van der Waals surface area (Å²) < 4.78 is 5.43. The summed E-state index contributed by atoms with van der Waals surface area (Å²) in [6.45, 7) is 1.81. The number of nitrogen functional groups attached to an aromatic ring is 1. The van der Waals surface area contributed by atoms with Crippen molar-refractivity contribution in [2.24, 2.45) is 0 Å². The number of nitrogens with one attached hydrogen (secondary N) is 1. The van der Waals surface area contributed by atoms with E-state index >= 15 is 0 Å². The lowest BCUT2D eigenvalue weighted by Gasteiger charge is -2.09. The van der Waals surface area contributed by atoms with Crippen LogP contribution in [0.2, 0.25) is 0 Å². The Morgan fingerprint density at radius 3 is 2.85 bits per heavy atom. The summed E-state index contributed by atoms with van der Waals surface area (Å²) >= 11 is 0. The Morgan fingerprint density at radius 2 is 2.10 bits per heavy atom. The lowest BCUT2D eigenvalue weighted by molar-refractivity contribution is 0.561. The summed E-state index contributed by atoms with van der Waals surface area (Å²) in [5.74, 6) is 0.634. The normalized spacial score (nSPS) is 10.4. The third-order valence-electron chi connectivity index (χ3n) is 2.95. The van der Waals surface area contributed by atoms with Gasteiger partial charge in [-0.25, -0.2) is 4.98 Å². The Labute approximate surface area is 115 Å². The molecule has 3 rings (SSSR count). The monoisotopic (exact) mass is 264 g/mol. The van der Waals surface area contributed by atoms with E-state index in [4.69, 9.17) is 15.4 Å². The summed E-state index contributed by atoms with van der Waals surface area (Å²) in [6, 6.07) is 12.8. The summed E-state index contributed by atoms with van der Waals surface area (Å²) in [7, 11) is 0. The summed E-state index contributed by atoms with van der Waals surface area (Å²) in [4.78, 5) is 4.28. The molecule has 98 valence electrons. The van der Waals surface area contributed by atoms with Gasteiger partial charge in [0.2, 0.25) is 0 Å². The number of anilines is 3. The van der Waals surface area contributed by atoms with E-state index in [1.54, 1.807) is 18.2 Å². The second-order valence-corrected chi connectivity index (χ2v) is 4.45. The van der Waals surface area contributed by atoms with Gasteiger partial charge in [-0.2, -0.15) is 5.26 Å². The first-order valence-electron chi connectivity index (χ1n) is 6.09. The van der Waals surface area contributed by atoms with Crippen LogP contribution in [-0.2, 0) is 0 Å². The Hall–Kier alpha value is -3.00. The number of hydrogen-bond donors (Lipinski definition) is 2. The number of oxazole rings is 1. The molecule has 0 radical (unpaired) electrons. The van der Waals surface area contributed by atoms with Crippen molar-refractivity contribution in [3.63, 3.8) is 0 Å². The topological polar surface area (TPSA) is 87.9 Å². The van der Waals surface area contributed by atoms with Crippen LogP contribution in [0.4, 0.5) is 17.1 Å². The highest BCUT2D eigenvalue weighted by Crippen LogP contribution is 2.26. The van der Waals surface area contributed by atoms with Crippen LogP contribution in [0, 0.1) is 18.3 Å². The zero-order valence-corrected chi connectivity index (χ0v) is 10.8. The number of aromatic nitrogens is 1. The summed E-state index contributed by atoms with van der Waals surface area (Å²) in [6.07, 6.45) is 0. The molecule has 0 aliphatic heterocycles. The van der Waals surface area contributed by atoms with Crippen LogP contribution in [0.1, 0.15) is 11.5 Å². The van der Waals surface area contributed by atoms with Crippen molar-refractivity contribution < 1.29 is 4.42 Å². The zero-order chi connectivity index (χ0) is 14.1. The van der Waals surface area contributed by atoms with Crippen LogP contribution in [0.5, 0.6) is 0 Å². The molecule has 0 amide bonds. The van der Waals surface area contributed by atoms with Crippen LogP contribution in [0.15, 0.2) is 40.8 Å². The zero-order valence-electron chi connectivity index (χ0n) is 10.8. The van der Waals surface area contributed by atoms with E-state index in [9.17, 15) is 0 Å². The molecule has 3 aromatic rings. The summed E-state index contributed by atoms with van der Waals surface area (Å²) in [5.41, 5.74) is 10.1. The fourth-order valence-corrected chi connectivity index (χ4v) is 2.02. The molecule has 1 heterocycles. The van der Waals surface area contributed by atoms with E-state index in [0.29, 0.717) is 17.1 Å². The van der Waals surface area contributed by atoms with Crippen LogP contribution in [-0.4, -0.2) is 4.98 Å². The molecular weight excluding hydrogens is 252 g/mol. The molecule has 0 aliphatic rings. The van der Waals surface area contributed by atoms with Crippen molar-refractivity contribution in [1.82, 2.24) is 4.98 Å². The van der Waals surface area contributed by atoms with E-state index < -0.39 is 0 Å². The van der Waals surface area contributed by atoms with E-state index in [2.05, 4.69) is 16.4 Å². The van der Waals surface area contributed by atoms with Crippen LogP contribution in [0.3, 0.4) is 0 Å². The van der Waals surface area contributed by atoms with E-state index in [0.717, 1.165) is 22.5 Å². The second kappa shape index (κ2) is 4.59. The fourth-order valence-electron chi connectivity index (χ4n) is 2.02. The van der Waals surface area contributed by atoms with Crippen molar-refractivity contribution in [3.8, 4) is 6.07 Å². The van der Waals surface area contributed by atoms with Crippen molar-refractivity contribution >= 4 is 28.2 Å². The highest BCUT2D eigenvalue weighted by Gasteiger charge is 2.05. The molecule has 2 aromatic carbocycles. The lowest BCUT2D eigenvalue weighted by Crippen LogP contribution is -1.96. The molecule has 0 atom stereocenters. The largest absolute Gasteiger partial charge is 0.441 e. The first-order chi connectivity index (χ1) is 9.65. The molecule has 0 spiro atoms. The Morgan fingerprint density at radius 1 is 1.25 bits per heavy atom. The van der Waals surface area contributed by atoms with Crippen molar-refractivity contribution in [2.75, 3.05) is 11.1 Å². The Kier molecular flexibility index (Phi) is 2.77. The highest BCUT2D eigenvalue weighted by atomic mass is 16.3. The minimum absolute atomic E-state index is 0.528. The van der Waals surface area contributed by atoms with Crippen molar-refractivity contribution in [2.45, 2.75) is 6.92 Å². The number of fused-ring (bicyclic) bond motifs is 1. The molecule has 0 saturated heterocycles. The van der Waals surface area contributed by atoms with Crippen molar-refractivity contribution in [1.29, 1.82) is 5.26 Å². The standard InChI is InChI=1S/C15H12N4O/c1-9-18-14-7-11(3-5-15(14)20-9)19-13-4-2-10(8-16)6-12(13)17/h2-7,19H,17H2,1H3. The highest BCUT2D eigenvalue weighted by molar-refractivity contribution is 5.81. The minimum atomic E-state index is 0.528. The van der Waals surface area contributed by atoms with Gasteiger partial charge in [-0.15, -0.1) is 0 Å². The SMILES string of the molecule is Cc1nc2cc(Nc3ccc(C#N)cc3N)ccc2o1. The van der Waals surface area contributed by atoms with Gasteiger partial charge in [0.25, 0.3) is 0 Å². The maximum Gasteiger partial charge on any atom is 0.192 e. The number of rotatable bonds is 2. The molecule has 3 N–H and O–H groups in total. The van der Waals surface area contributed by atoms with Crippen LogP contribution < -0.4 is 11.1 Å². The van der Waals surface area contributed by atoms with Gasteiger partial charge in [-0.1, -0.05) is 0 Å². The van der Waals surface area contributed by atoms with Crippen molar-refractivity contribution in [3.05, 3.63) is 47.9 Å². The third kappa shape index (κ3) is 2.15. The quantitative estimate of drug-likeness (QED) is 0.693. The average Bonchev–Trinajstić information content (AvgIpc) is 2.80. The van der Waals surface area contributed by atoms with Gasteiger partial charge in [0.15, 0.2) is 11.5 Å². The number of hydrogen-bond acceptors (Lipinski definition) is 5. The molecule has 0 aliphatic carbocycles. The predicted octanol–water partition coefficient (Wildman–Crippen LogP) is 3.33. The molecule has 0 fully saturated rings. The maximum absolute atomic E-state index is 8.82. The second-order valence-electron chi connectivity index (χ2n) is 4.45. The van der Waals surface area contributed by atoms with Gasteiger partial charge >= 0.3 is 0 Å². The van der Waals surface area contributed by atoms with E-state index in [1.165, 1.54) is 0 Å². The van der Waals surface area contributed by atoms with Crippen LogP contribution >= 0.6 is 0 Å². The lowest BCUT2D eigenvalue weighted by atomic mass is 10.2. The predicted molar refractivity (Wildman–Crippen MR) is 77.6 cm³/mol. The molecule has 20 heavy (non-hydrogen) atoms. The molecular formula is C15H12N4O. The van der Waals surface area contributed by atoms with E-state index in [-0.39, 0.29) is 0 Å². The van der Waals surface area contributed by atoms with E-state index in [1.807, 2.05) is 25.1 Å². The van der Waals surface area contributed by atoms with Gasteiger partial charge in [0.1, 0.15) is 5.52 Å². The Bertz CT molecular complexity index is 829. The molecule has 0 saturated carbocycles. The third-order valence-corrected chi connectivity index (χ3v) is 2.95. The molecule has 5 heteroatoms. The summed E-state index contributed by atoms with van der Waals surface area (Å²) in [5, 5.41) is 12.0. The van der Waals surface area contributed by atoms with Gasteiger partial charge in [-0.05, 0) is 36.4 Å². The van der Waals surface area contributed by atoms with Gasteiger partial charge in [0.05, 0.1) is 23.0 Å². The molecule has 1 aromatic heterocycles. The van der Waals surface area contributed by atoms with Crippen LogP contribution in [0.25, 0.3) is 11.1 Å². The first-order valence-corrected chi connectivity index (χ1v) is 6.09. The minimum Gasteiger partial charge on any atom is -0.441 e. The number of benzene rings is 2. The number of nitriles is 1. The molecule has 0 bridgehead atoms. The smallest absolute Gasteiger partial charge is 0.192 e. The Balaban J connectivity index is 1.94. The first kappa shape index (κ1) is 12.1. The maximum atomic E-state index is 8.82. The molecule has 0 unspecified atom stereocenters. The number of nitrogens with two attached hydrogens (primary N) is 1. The fraction of sp³-hybridized carbons (Fsp3) is 0.0667. The number of aryl methyl sites for hydroxylation is 1. The number of nitrogens with zero attached hydrogens (tertiary/aromatic N) is 2. The van der Waals surface area contributed by atoms with Gasteiger partial charge in [0, 0.05) is 12.6 Å². The average molecular weight is 264 g/mol.